The van der Waals surface area contributed by atoms with Crippen LogP contribution in [0.5, 0.6) is 0 Å². The molecule has 1 fully saturated rings. The Labute approximate surface area is 200 Å². The van der Waals surface area contributed by atoms with Gasteiger partial charge in [-0.3, -0.25) is 24.0 Å². The summed E-state index contributed by atoms with van der Waals surface area (Å²) in [4.78, 5) is 62.6. The molecule has 1 aromatic rings. The lowest BCUT2D eigenvalue weighted by Gasteiger charge is -2.26. The molecule has 0 spiro atoms. The number of carbonyl (C=O) groups is 5. The Morgan fingerprint density at radius 2 is 1.32 bits per heavy atom. The van der Waals surface area contributed by atoms with Crippen LogP contribution in [0.2, 0.25) is 0 Å². The summed E-state index contributed by atoms with van der Waals surface area (Å²) in [6.45, 7) is 6.46. The Balaban J connectivity index is 1.89. The van der Waals surface area contributed by atoms with E-state index in [2.05, 4.69) is 21.3 Å². The second-order valence-corrected chi connectivity index (χ2v) is 9.19. The van der Waals surface area contributed by atoms with Crippen LogP contribution in [0.1, 0.15) is 70.2 Å². The topological polar surface area (TPSA) is 133 Å². The number of ketones is 1. The number of benzene rings is 1. The van der Waals surface area contributed by atoms with Crippen molar-refractivity contribution in [2.45, 2.75) is 84.0 Å². The fourth-order valence-corrected chi connectivity index (χ4v) is 3.80. The molecule has 1 aromatic carbocycles. The van der Waals surface area contributed by atoms with Crippen molar-refractivity contribution in [1.29, 1.82) is 0 Å². The summed E-state index contributed by atoms with van der Waals surface area (Å²) in [7, 11) is 0. The van der Waals surface area contributed by atoms with Crippen molar-refractivity contribution in [1.82, 2.24) is 21.3 Å². The summed E-state index contributed by atoms with van der Waals surface area (Å²) < 4.78 is 0. The van der Waals surface area contributed by atoms with Gasteiger partial charge in [0.15, 0.2) is 0 Å². The van der Waals surface area contributed by atoms with Gasteiger partial charge in [0.25, 0.3) is 11.8 Å². The standard InChI is InChI=1S/C25H36N4O5/c1-15(2)20(21(30)25(34)28-19-13-9-6-10-14-19)29-23(32)17(4)26-22(31)16(3)27-24(33)18-11-7-5-8-12-18/h5,7-8,11-12,15-17,19-20H,6,9-10,13-14H2,1-4H3,(H,26,31)(H,27,33)(H,28,34)(H,29,32)/t16-,17+,20+/m1/s1. The highest BCUT2D eigenvalue weighted by molar-refractivity contribution is 6.38. The molecule has 9 heteroatoms. The lowest BCUT2D eigenvalue weighted by molar-refractivity contribution is -0.141. The SMILES string of the molecule is CC(C)[C@H](NC(=O)[C@H](C)NC(=O)[C@@H](C)NC(=O)c1ccccc1)C(=O)C(=O)NC1CCCCC1. The molecule has 0 bridgehead atoms. The Morgan fingerprint density at radius 1 is 0.765 bits per heavy atom. The van der Waals surface area contributed by atoms with Crippen LogP contribution in [0.3, 0.4) is 0 Å². The van der Waals surface area contributed by atoms with E-state index in [1.807, 2.05) is 0 Å². The monoisotopic (exact) mass is 472 g/mol. The second kappa shape index (κ2) is 12.9. The predicted octanol–water partition coefficient (Wildman–Crippen LogP) is 1.47. The van der Waals surface area contributed by atoms with E-state index < -0.39 is 47.5 Å². The van der Waals surface area contributed by atoms with E-state index in [0.29, 0.717) is 5.56 Å². The Bertz CT molecular complexity index is 881. The van der Waals surface area contributed by atoms with Crippen molar-refractivity contribution < 1.29 is 24.0 Å². The van der Waals surface area contributed by atoms with Crippen LogP contribution in [0, 0.1) is 5.92 Å². The molecule has 1 aliphatic rings. The smallest absolute Gasteiger partial charge is 0.289 e. The lowest BCUT2D eigenvalue weighted by atomic mass is 9.94. The molecule has 0 saturated heterocycles. The zero-order valence-corrected chi connectivity index (χ0v) is 20.4. The van der Waals surface area contributed by atoms with Crippen LogP contribution >= 0.6 is 0 Å². The summed E-state index contributed by atoms with van der Waals surface area (Å²) in [5, 5.41) is 10.5. The van der Waals surface area contributed by atoms with Gasteiger partial charge < -0.3 is 21.3 Å². The van der Waals surface area contributed by atoms with Crippen molar-refractivity contribution in [2.24, 2.45) is 5.92 Å². The first-order chi connectivity index (χ1) is 16.1. The van der Waals surface area contributed by atoms with Gasteiger partial charge in [-0.15, -0.1) is 0 Å². The summed E-state index contributed by atoms with van der Waals surface area (Å²) in [6, 6.07) is 5.59. The molecule has 4 N–H and O–H groups in total. The van der Waals surface area contributed by atoms with Gasteiger partial charge in [0.1, 0.15) is 12.1 Å². The van der Waals surface area contributed by atoms with E-state index >= 15 is 0 Å². The van der Waals surface area contributed by atoms with E-state index in [0.717, 1.165) is 32.1 Å². The van der Waals surface area contributed by atoms with Crippen molar-refractivity contribution in [3.05, 3.63) is 35.9 Å². The molecule has 0 unspecified atom stereocenters. The average Bonchev–Trinajstić information content (AvgIpc) is 2.82. The molecule has 4 amide bonds. The van der Waals surface area contributed by atoms with E-state index in [1.165, 1.54) is 13.8 Å². The first kappa shape index (κ1) is 27.0. The number of carbonyl (C=O) groups excluding carboxylic acids is 5. The van der Waals surface area contributed by atoms with Gasteiger partial charge >= 0.3 is 0 Å². The number of amides is 4. The zero-order valence-electron chi connectivity index (χ0n) is 20.4. The molecule has 0 aliphatic heterocycles. The molecule has 0 aromatic heterocycles. The fourth-order valence-electron chi connectivity index (χ4n) is 3.80. The second-order valence-electron chi connectivity index (χ2n) is 9.19. The molecule has 9 nitrogen and oxygen atoms in total. The first-order valence-corrected chi connectivity index (χ1v) is 11.9. The van der Waals surface area contributed by atoms with Crippen molar-refractivity contribution >= 4 is 29.4 Å². The molecule has 2 rings (SSSR count). The molecule has 0 heterocycles. The molecule has 0 radical (unpaired) electrons. The molecule has 1 aliphatic carbocycles. The minimum absolute atomic E-state index is 0.0143. The highest BCUT2D eigenvalue weighted by Crippen LogP contribution is 2.17. The van der Waals surface area contributed by atoms with Crippen molar-refractivity contribution in [2.75, 3.05) is 0 Å². The molecular formula is C25H36N4O5. The largest absolute Gasteiger partial charge is 0.347 e. The van der Waals surface area contributed by atoms with Gasteiger partial charge in [-0.05, 0) is 44.7 Å². The normalized spacial score (nSPS) is 16.6. The van der Waals surface area contributed by atoms with Gasteiger partial charge in [-0.1, -0.05) is 51.3 Å². The highest BCUT2D eigenvalue weighted by Gasteiger charge is 2.32. The Kier molecular flexibility index (Phi) is 10.2. The van der Waals surface area contributed by atoms with Crippen LogP contribution in [-0.2, 0) is 19.2 Å². The first-order valence-electron chi connectivity index (χ1n) is 11.9. The van der Waals surface area contributed by atoms with Crippen LogP contribution in [0.25, 0.3) is 0 Å². The van der Waals surface area contributed by atoms with Gasteiger partial charge in [-0.25, -0.2) is 0 Å². The molecular weight excluding hydrogens is 436 g/mol. The van der Waals surface area contributed by atoms with E-state index in [1.54, 1.807) is 44.2 Å². The third kappa shape index (κ3) is 7.97. The van der Waals surface area contributed by atoms with Crippen molar-refractivity contribution in [3.8, 4) is 0 Å². The van der Waals surface area contributed by atoms with Crippen LogP contribution in [0.15, 0.2) is 30.3 Å². The maximum absolute atomic E-state index is 12.7. The van der Waals surface area contributed by atoms with Crippen LogP contribution in [-0.4, -0.2) is 53.6 Å². The lowest BCUT2D eigenvalue weighted by Crippen LogP contribution is -2.57. The van der Waals surface area contributed by atoms with Gasteiger partial charge in [-0.2, -0.15) is 0 Å². The van der Waals surface area contributed by atoms with Gasteiger partial charge in [0, 0.05) is 11.6 Å². The maximum atomic E-state index is 12.7. The summed E-state index contributed by atoms with van der Waals surface area (Å²) >= 11 is 0. The highest BCUT2D eigenvalue weighted by atomic mass is 16.2. The van der Waals surface area contributed by atoms with E-state index in [9.17, 15) is 24.0 Å². The number of Topliss-reactive ketones (excluding diaryl/α,β-unsaturated/α-hetero) is 1. The summed E-state index contributed by atoms with van der Waals surface area (Å²) in [6.07, 6.45) is 4.86. The molecule has 3 atom stereocenters. The van der Waals surface area contributed by atoms with Gasteiger partial charge in [0.2, 0.25) is 17.6 Å². The predicted molar refractivity (Wildman–Crippen MR) is 128 cm³/mol. The number of rotatable bonds is 10. The molecule has 1 saturated carbocycles. The number of hydrogen-bond acceptors (Lipinski definition) is 5. The minimum Gasteiger partial charge on any atom is -0.347 e. The number of hydrogen-bond donors (Lipinski definition) is 4. The molecule has 34 heavy (non-hydrogen) atoms. The van der Waals surface area contributed by atoms with Gasteiger partial charge in [0.05, 0.1) is 6.04 Å². The fraction of sp³-hybridized carbons (Fsp3) is 0.560. The third-order valence-corrected chi connectivity index (χ3v) is 5.94. The van der Waals surface area contributed by atoms with Crippen LogP contribution < -0.4 is 21.3 Å². The quantitative estimate of drug-likeness (QED) is 0.383. The van der Waals surface area contributed by atoms with Crippen molar-refractivity contribution in [3.63, 3.8) is 0 Å². The zero-order chi connectivity index (χ0) is 25.3. The average molecular weight is 473 g/mol. The molecule has 186 valence electrons. The maximum Gasteiger partial charge on any atom is 0.289 e. The minimum atomic E-state index is -1.01. The summed E-state index contributed by atoms with van der Waals surface area (Å²) in [5.41, 5.74) is 0.415. The Morgan fingerprint density at radius 3 is 1.91 bits per heavy atom. The Hall–Kier alpha value is -3.23. The third-order valence-electron chi connectivity index (χ3n) is 5.94. The van der Waals surface area contributed by atoms with Crippen LogP contribution in [0.4, 0.5) is 0 Å². The van der Waals surface area contributed by atoms with E-state index in [-0.39, 0.29) is 12.0 Å². The summed E-state index contributed by atoms with van der Waals surface area (Å²) in [5.74, 6) is -3.26. The number of nitrogens with one attached hydrogen (secondary N) is 4. The van der Waals surface area contributed by atoms with E-state index in [4.69, 9.17) is 0 Å².